The van der Waals surface area contributed by atoms with E-state index in [2.05, 4.69) is 5.32 Å². The molecule has 152 valence electrons. The molecule has 1 aliphatic carbocycles. The predicted molar refractivity (Wildman–Crippen MR) is 105 cm³/mol. The van der Waals surface area contributed by atoms with Gasteiger partial charge in [-0.25, -0.2) is 8.42 Å². The second-order valence-corrected chi connectivity index (χ2v) is 9.00. The number of sulfonamides is 1. The van der Waals surface area contributed by atoms with Crippen LogP contribution in [0.15, 0.2) is 29.2 Å². The van der Waals surface area contributed by atoms with Crippen molar-refractivity contribution in [3.63, 3.8) is 0 Å². The molecule has 1 amide bonds. The number of nitrogens with zero attached hydrogens (tertiary/aromatic N) is 1. The molecule has 0 bridgehead atoms. The molecule has 7 nitrogen and oxygen atoms in total. The second-order valence-electron chi connectivity index (χ2n) is 7.06. The van der Waals surface area contributed by atoms with Gasteiger partial charge < -0.3 is 15.8 Å². The molecule has 1 saturated carbocycles. The van der Waals surface area contributed by atoms with Crippen LogP contribution >= 0.6 is 12.4 Å². The van der Waals surface area contributed by atoms with E-state index in [0.29, 0.717) is 32.8 Å². The van der Waals surface area contributed by atoms with Crippen molar-refractivity contribution in [3.8, 4) is 0 Å². The molecule has 1 aromatic carbocycles. The van der Waals surface area contributed by atoms with Gasteiger partial charge in [-0.3, -0.25) is 4.79 Å². The van der Waals surface area contributed by atoms with Gasteiger partial charge in [0, 0.05) is 19.6 Å². The molecule has 0 unspecified atom stereocenters. The maximum atomic E-state index is 12.6. The third kappa shape index (κ3) is 5.20. The van der Waals surface area contributed by atoms with E-state index < -0.39 is 15.6 Å². The molecule has 0 aromatic heterocycles. The first-order valence-electron chi connectivity index (χ1n) is 9.16. The number of rotatable bonds is 5. The van der Waals surface area contributed by atoms with E-state index >= 15 is 0 Å². The third-order valence-electron chi connectivity index (χ3n) is 5.18. The minimum atomic E-state index is -3.49. The van der Waals surface area contributed by atoms with Crippen LogP contribution in [0.4, 0.5) is 0 Å². The van der Waals surface area contributed by atoms with E-state index in [9.17, 15) is 13.2 Å². The fraction of sp³-hybridized carbons (Fsp3) is 0.611. The lowest BCUT2D eigenvalue weighted by atomic mass is 9.82. The Bertz CT molecular complexity index is 727. The molecule has 1 aromatic rings. The molecule has 9 heteroatoms. The summed E-state index contributed by atoms with van der Waals surface area (Å²) in [7, 11) is -3.49. The van der Waals surface area contributed by atoms with E-state index in [0.717, 1.165) is 37.7 Å². The molecule has 1 heterocycles. The van der Waals surface area contributed by atoms with E-state index in [1.807, 2.05) is 0 Å². The molecule has 0 spiro atoms. The summed E-state index contributed by atoms with van der Waals surface area (Å²) >= 11 is 0. The Kier molecular flexibility index (Phi) is 7.64. The number of hydrogen-bond acceptors (Lipinski definition) is 5. The van der Waals surface area contributed by atoms with Gasteiger partial charge in [0.1, 0.15) is 0 Å². The van der Waals surface area contributed by atoms with Crippen LogP contribution in [0.5, 0.6) is 0 Å². The Labute approximate surface area is 167 Å². The Morgan fingerprint density at radius 1 is 1.11 bits per heavy atom. The molecule has 27 heavy (non-hydrogen) atoms. The zero-order valence-electron chi connectivity index (χ0n) is 15.4. The topological polar surface area (TPSA) is 102 Å². The van der Waals surface area contributed by atoms with Crippen molar-refractivity contribution < 1.29 is 17.9 Å². The lowest BCUT2D eigenvalue weighted by Crippen LogP contribution is -2.54. The van der Waals surface area contributed by atoms with Crippen molar-refractivity contribution in [2.45, 2.75) is 49.1 Å². The maximum absolute atomic E-state index is 12.6. The molecular formula is C18H28ClN3O4S. The predicted octanol–water partition coefficient (Wildman–Crippen LogP) is 1.41. The quantitative estimate of drug-likeness (QED) is 0.754. The molecule has 0 atom stereocenters. The van der Waals surface area contributed by atoms with E-state index in [1.54, 1.807) is 24.3 Å². The fourth-order valence-electron chi connectivity index (χ4n) is 3.48. The van der Waals surface area contributed by atoms with Gasteiger partial charge in [-0.15, -0.1) is 12.4 Å². The van der Waals surface area contributed by atoms with Gasteiger partial charge in [0.15, 0.2) is 0 Å². The van der Waals surface area contributed by atoms with Crippen LogP contribution in [0.1, 0.15) is 37.7 Å². The molecule has 2 aliphatic rings. The highest BCUT2D eigenvalue weighted by Crippen LogP contribution is 2.26. The average Bonchev–Trinajstić information content (AvgIpc) is 2.67. The van der Waals surface area contributed by atoms with Crippen molar-refractivity contribution in [2.75, 3.05) is 26.3 Å². The summed E-state index contributed by atoms with van der Waals surface area (Å²) < 4.78 is 31.8. The lowest BCUT2D eigenvalue weighted by molar-refractivity contribution is -0.127. The Balaban J connectivity index is 0.00000261. The van der Waals surface area contributed by atoms with Crippen molar-refractivity contribution in [2.24, 2.45) is 5.73 Å². The number of amides is 1. The highest BCUT2D eigenvalue weighted by molar-refractivity contribution is 7.89. The van der Waals surface area contributed by atoms with Crippen LogP contribution in [0.3, 0.4) is 0 Å². The Morgan fingerprint density at radius 3 is 2.30 bits per heavy atom. The van der Waals surface area contributed by atoms with Gasteiger partial charge in [-0.2, -0.15) is 4.31 Å². The first-order valence-corrected chi connectivity index (χ1v) is 10.6. The minimum Gasteiger partial charge on any atom is -0.379 e. The number of carbonyl (C=O) groups is 1. The minimum absolute atomic E-state index is 0. The maximum Gasteiger partial charge on any atom is 0.243 e. The Morgan fingerprint density at radius 2 is 1.70 bits per heavy atom. The largest absolute Gasteiger partial charge is 0.379 e. The van der Waals surface area contributed by atoms with Gasteiger partial charge in [-0.1, -0.05) is 31.4 Å². The van der Waals surface area contributed by atoms with Crippen molar-refractivity contribution >= 4 is 28.3 Å². The molecule has 1 aliphatic heterocycles. The van der Waals surface area contributed by atoms with Gasteiger partial charge in [0.05, 0.1) is 23.6 Å². The summed E-state index contributed by atoms with van der Waals surface area (Å²) in [6, 6.07) is 6.64. The first-order chi connectivity index (χ1) is 12.4. The highest BCUT2D eigenvalue weighted by Gasteiger charge is 2.35. The standard InChI is InChI=1S/C18H27N3O4S.ClH/c19-18(8-2-1-3-9-18)17(22)20-14-15-4-6-16(7-5-15)26(23,24)21-10-12-25-13-11-21;/h4-7H,1-3,8-14,19H2,(H,20,22);1H. The number of carbonyl (C=O) groups excluding carboxylic acids is 1. The van der Waals surface area contributed by atoms with Crippen molar-refractivity contribution in [1.82, 2.24) is 9.62 Å². The van der Waals surface area contributed by atoms with Gasteiger partial charge in [0.25, 0.3) is 0 Å². The summed E-state index contributed by atoms with van der Waals surface area (Å²) in [5, 5.41) is 2.89. The SMILES string of the molecule is Cl.NC1(C(=O)NCc2ccc(S(=O)(=O)N3CCOCC3)cc2)CCCCC1. The van der Waals surface area contributed by atoms with Gasteiger partial charge in [-0.05, 0) is 30.5 Å². The summed E-state index contributed by atoms with van der Waals surface area (Å²) in [6.45, 7) is 1.93. The van der Waals surface area contributed by atoms with Crippen LogP contribution in [-0.2, 0) is 26.1 Å². The van der Waals surface area contributed by atoms with Crippen molar-refractivity contribution in [1.29, 1.82) is 0 Å². The second kappa shape index (κ2) is 9.34. The van der Waals surface area contributed by atoms with E-state index in [4.69, 9.17) is 10.5 Å². The lowest BCUT2D eigenvalue weighted by Gasteiger charge is -2.31. The highest BCUT2D eigenvalue weighted by atomic mass is 35.5. The fourth-order valence-corrected chi connectivity index (χ4v) is 4.89. The number of nitrogens with two attached hydrogens (primary N) is 1. The van der Waals surface area contributed by atoms with Gasteiger partial charge >= 0.3 is 0 Å². The van der Waals surface area contributed by atoms with Crippen LogP contribution in [0, 0.1) is 0 Å². The third-order valence-corrected chi connectivity index (χ3v) is 7.10. The van der Waals surface area contributed by atoms with E-state index in [1.165, 1.54) is 4.31 Å². The molecule has 2 fully saturated rings. The number of morpholine rings is 1. The summed E-state index contributed by atoms with van der Waals surface area (Å²) in [5.41, 5.74) is 6.30. The number of nitrogens with one attached hydrogen (secondary N) is 1. The zero-order valence-corrected chi connectivity index (χ0v) is 17.0. The monoisotopic (exact) mass is 417 g/mol. The number of halogens is 1. The van der Waals surface area contributed by atoms with E-state index in [-0.39, 0.29) is 23.2 Å². The zero-order chi connectivity index (χ0) is 18.6. The molecular weight excluding hydrogens is 390 g/mol. The normalized spacial score (nSPS) is 20.5. The van der Waals surface area contributed by atoms with Crippen LogP contribution in [0.25, 0.3) is 0 Å². The molecule has 3 rings (SSSR count). The summed E-state index contributed by atoms with van der Waals surface area (Å²) in [4.78, 5) is 12.6. The van der Waals surface area contributed by atoms with Crippen LogP contribution in [-0.4, -0.2) is 50.5 Å². The Hall–Kier alpha value is -1.19. The molecule has 0 radical (unpaired) electrons. The average molecular weight is 418 g/mol. The molecule has 3 N–H and O–H groups in total. The summed E-state index contributed by atoms with van der Waals surface area (Å²) in [5.74, 6) is -0.123. The number of ether oxygens (including phenoxy) is 1. The molecule has 1 saturated heterocycles. The summed E-state index contributed by atoms with van der Waals surface area (Å²) in [6.07, 6.45) is 4.53. The van der Waals surface area contributed by atoms with Crippen molar-refractivity contribution in [3.05, 3.63) is 29.8 Å². The van der Waals surface area contributed by atoms with Crippen LogP contribution < -0.4 is 11.1 Å². The first kappa shape index (κ1) is 22.1. The smallest absolute Gasteiger partial charge is 0.243 e. The number of hydrogen-bond donors (Lipinski definition) is 2. The van der Waals surface area contributed by atoms with Gasteiger partial charge in [0.2, 0.25) is 15.9 Å². The number of benzene rings is 1. The van der Waals surface area contributed by atoms with Crippen LogP contribution in [0.2, 0.25) is 0 Å².